The van der Waals surface area contributed by atoms with Crippen LogP contribution in [0.2, 0.25) is 0 Å². The third-order valence-corrected chi connectivity index (χ3v) is 5.23. The Kier molecular flexibility index (Phi) is 5.62. The normalized spacial score (nSPS) is 13.8. The van der Waals surface area contributed by atoms with E-state index in [-0.39, 0.29) is 6.04 Å². The Morgan fingerprint density at radius 1 is 1.00 bits per heavy atom. The van der Waals surface area contributed by atoms with E-state index >= 15 is 0 Å². The lowest BCUT2D eigenvalue weighted by molar-refractivity contribution is -0.121. The van der Waals surface area contributed by atoms with E-state index in [1.54, 1.807) is 6.92 Å². The maximum absolute atomic E-state index is 12.1. The van der Waals surface area contributed by atoms with Crippen molar-refractivity contribution in [3.8, 4) is 11.5 Å². The molecule has 0 aliphatic carbocycles. The van der Waals surface area contributed by atoms with Crippen molar-refractivity contribution in [2.45, 2.75) is 25.1 Å². The third kappa shape index (κ3) is 4.58. The van der Waals surface area contributed by atoms with E-state index in [0.717, 1.165) is 11.8 Å². The van der Waals surface area contributed by atoms with Gasteiger partial charge in [0, 0.05) is 11.8 Å². The molecular weight excluding hydrogens is 326 g/mol. The largest absolute Gasteiger partial charge is 0.457 e. The number of sulfone groups is 1. The van der Waals surface area contributed by atoms with E-state index in [1.165, 1.54) is 6.92 Å². The number of para-hydroxylation sites is 2. The number of ether oxygens (including phenoxy) is 1. The van der Waals surface area contributed by atoms with Crippen LogP contribution in [0.4, 0.5) is 0 Å². The Morgan fingerprint density at radius 3 is 2.21 bits per heavy atom. The molecule has 0 aromatic heterocycles. The minimum absolute atomic E-state index is 0.387. The lowest BCUT2D eigenvalue weighted by Gasteiger charge is -2.20. The van der Waals surface area contributed by atoms with Crippen LogP contribution >= 0.6 is 0 Å². The monoisotopic (exact) mass is 347 g/mol. The van der Waals surface area contributed by atoms with Crippen LogP contribution in [0.5, 0.6) is 11.5 Å². The second kappa shape index (κ2) is 7.49. The Morgan fingerprint density at radius 2 is 1.58 bits per heavy atom. The highest BCUT2D eigenvalue weighted by atomic mass is 32.2. The van der Waals surface area contributed by atoms with Gasteiger partial charge < -0.3 is 10.1 Å². The lowest BCUT2D eigenvalue weighted by atomic mass is 10.1. The van der Waals surface area contributed by atoms with Crippen molar-refractivity contribution in [2.24, 2.45) is 0 Å². The highest BCUT2D eigenvalue weighted by molar-refractivity contribution is 7.92. The first-order valence-electron chi connectivity index (χ1n) is 7.60. The van der Waals surface area contributed by atoms with Gasteiger partial charge in [0.15, 0.2) is 9.84 Å². The summed E-state index contributed by atoms with van der Waals surface area (Å²) in [6.45, 7) is 3.17. The molecule has 0 fully saturated rings. The Labute approximate surface area is 142 Å². The molecule has 0 aliphatic heterocycles. The average molecular weight is 347 g/mol. The van der Waals surface area contributed by atoms with Crippen molar-refractivity contribution < 1.29 is 17.9 Å². The van der Waals surface area contributed by atoms with Gasteiger partial charge in [-0.25, -0.2) is 8.42 Å². The van der Waals surface area contributed by atoms with Crippen molar-refractivity contribution >= 4 is 15.7 Å². The van der Waals surface area contributed by atoms with Crippen molar-refractivity contribution in [3.63, 3.8) is 0 Å². The summed E-state index contributed by atoms with van der Waals surface area (Å²) in [7, 11) is -3.43. The zero-order valence-electron chi connectivity index (χ0n) is 13.9. The maximum atomic E-state index is 12.1. The van der Waals surface area contributed by atoms with Crippen LogP contribution in [-0.2, 0) is 14.6 Å². The number of carbonyl (C=O) groups is 1. The molecule has 1 amide bonds. The molecule has 0 unspecified atom stereocenters. The fraction of sp³-hybridized carbons (Fsp3) is 0.278. The maximum Gasteiger partial charge on any atom is 0.238 e. The van der Waals surface area contributed by atoms with E-state index in [2.05, 4.69) is 5.32 Å². The first kappa shape index (κ1) is 18.0. The minimum Gasteiger partial charge on any atom is -0.457 e. The number of nitrogens with one attached hydrogen (secondary N) is 1. The van der Waals surface area contributed by atoms with Crippen LogP contribution in [0.25, 0.3) is 0 Å². The minimum atomic E-state index is -3.43. The molecule has 2 atom stereocenters. The summed E-state index contributed by atoms with van der Waals surface area (Å²) in [5.41, 5.74) is 0.774. The summed E-state index contributed by atoms with van der Waals surface area (Å²) in [5, 5.41) is 1.64. The summed E-state index contributed by atoms with van der Waals surface area (Å²) in [5.74, 6) is 0.774. The lowest BCUT2D eigenvalue weighted by Crippen LogP contribution is -2.38. The van der Waals surface area contributed by atoms with E-state index in [4.69, 9.17) is 4.74 Å². The average Bonchev–Trinajstić information content (AvgIpc) is 2.54. The van der Waals surface area contributed by atoms with Crippen LogP contribution < -0.4 is 10.1 Å². The van der Waals surface area contributed by atoms with Crippen molar-refractivity contribution in [1.82, 2.24) is 5.32 Å². The molecule has 0 bridgehead atoms. The Bertz CT molecular complexity index is 803. The molecule has 2 rings (SSSR count). The standard InChI is InChI=1S/C18H21NO4S/c1-13(19-18(20)14(2)24(3,21)22)16-11-7-8-12-17(16)23-15-9-5-4-6-10-15/h4-14H,1-3H3,(H,19,20)/t13-,14+/m0/s1. The molecule has 1 N–H and O–H groups in total. The van der Waals surface area contributed by atoms with Gasteiger partial charge in [-0.05, 0) is 32.0 Å². The molecular formula is C18H21NO4S. The molecule has 0 saturated heterocycles. The van der Waals surface area contributed by atoms with Crippen molar-refractivity contribution in [1.29, 1.82) is 0 Å². The predicted octanol–water partition coefficient (Wildman–Crippen LogP) is 3.09. The van der Waals surface area contributed by atoms with Gasteiger partial charge in [-0.15, -0.1) is 0 Å². The summed E-state index contributed by atoms with van der Waals surface area (Å²) in [4.78, 5) is 12.1. The van der Waals surface area contributed by atoms with Crippen molar-refractivity contribution in [2.75, 3.05) is 6.26 Å². The molecule has 0 spiro atoms. The van der Waals surface area contributed by atoms with Crippen LogP contribution in [0.15, 0.2) is 54.6 Å². The Balaban J connectivity index is 2.18. The number of hydrogen-bond acceptors (Lipinski definition) is 4. The first-order chi connectivity index (χ1) is 11.3. The Hall–Kier alpha value is -2.34. The van der Waals surface area contributed by atoms with Gasteiger partial charge >= 0.3 is 0 Å². The zero-order chi connectivity index (χ0) is 17.7. The van der Waals surface area contributed by atoms with Gasteiger partial charge in [-0.1, -0.05) is 36.4 Å². The molecule has 128 valence electrons. The summed E-state index contributed by atoms with van der Waals surface area (Å²) >= 11 is 0. The van der Waals surface area contributed by atoms with Crippen LogP contribution in [0.1, 0.15) is 25.5 Å². The third-order valence-electron chi connectivity index (χ3n) is 3.73. The second-order valence-corrected chi connectivity index (χ2v) is 8.02. The number of rotatable bonds is 6. The number of carbonyl (C=O) groups excluding carboxylic acids is 1. The van der Waals surface area contributed by atoms with Gasteiger partial charge in [0.25, 0.3) is 0 Å². The zero-order valence-corrected chi connectivity index (χ0v) is 14.7. The van der Waals surface area contributed by atoms with Gasteiger partial charge in [0.05, 0.1) is 6.04 Å². The van der Waals surface area contributed by atoms with Crippen LogP contribution in [0, 0.1) is 0 Å². The molecule has 0 saturated carbocycles. The second-order valence-electron chi connectivity index (χ2n) is 5.65. The van der Waals surface area contributed by atoms with Gasteiger partial charge in [-0.2, -0.15) is 0 Å². The first-order valence-corrected chi connectivity index (χ1v) is 9.55. The molecule has 5 nitrogen and oxygen atoms in total. The van der Waals surface area contributed by atoms with Crippen LogP contribution in [-0.4, -0.2) is 25.8 Å². The van der Waals surface area contributed by atoms with Gasteiger partial charge in [0.2, 0.25) is 5.91 Å². The number of hydrogen-bond donors (Lipinski definition) is 1. The molecule has 24 heavy (non-hydrogen) atoms. The fourth-order valence-corrected chi connectivity index (χ4v) is 2.61. The van der Waals surface area contributed by atoms with Gasteiger partial charge in [0.1, 0.15) is 16.7 Å². The predicted molar refractivity (Wildman–Crippen MR) is 93.8 cm³/mol. The summed E-state index contributed by atoms with van der Waals surface area (Å²) in [6, 6.07) is 16.3. The smallest absolute Gasteiger partial charge is 0.238 e. The number of benzene rings is 2. The molecule has 2 aromatic rings. The molecule has 0 radical (unpaired) electrons. The summed E-state index contributed by atoms with van der Waals surface area (Å²) in [6.07, 6.45) is 1.05. The van der Waals surface area contributed by atoms with Crippen molar-refractivity contribution in [3.05, 3.63) is 60.2 Å². The molecule has 0 aliphatic rings. The molecule has 2 aromatic carbocycles. The van der Waals surface area contributed by atoms with Crippen LogP contribution in [0.3, 0.4) is 0 Å². The highest BCUT2D eigenvalue weighted by Gasteiger charge is 2.25. The van der Waals surface area contributed by atoms with E-state index in [1.807, 2.05) is 54.6 Å². The van der Waals surface area contributed by atoms with E-state index in [0.29, 0.717) is 11.5 Å². The highest BCUT2D eigenvalue weighted by Crippen LogP contribution is 2.29. The molecule has 6 heteroatoms. The summed E-state index contributed by atoms with van der Waals surface area (Å²) < 4.78 is 28.9. The van der Waals surface area contributed by atoms with Gasteiger partial charge in [-0.3, -0.25) is 4.79 Å². The quantitative estimate of drug-likeness (QED) is 0.871. The number of amides is 1. The SMILES string of the molecule is C[C@H](NC(=O)[C@@H](C)S(C)(=O)=O)c1ccccc1Oc1ccccc1. The van der Waals surface area contributed by atoms with E-state index < -0.39 is 21.0 Å². The molecule has 0 heterocycles. The topological polar surface area (TPSA) is 72.5 Å². The fourth-order valence-electron chi connectivity index (χ4n) is 2.15. The van der Waals surface area contributed by atoms with E-state index in [9.17, 15) is 13.2 Å².